The Kier molecular flexibility index (Phi) is 3.22. The summed E-state index contributed by atoms with van der Waals surface area (Å²) in [6, 6.07) is 15.8. The van der Waals surface area contributed by atoms with Gasteiger partial charge in [-0.25, -0.2) is 4.98 Å². The molecule has 0 bridgehead atoms. The molecule has 1 aliphatic heterocycles. The van der Waals surface area contributed by atoms with Crippen molar-refractivity contribution in [2.75, 3.05) is 11.4 Å². The van der Waals surface area contributed by atoms with Crippen LogP contribution in [0, 0.1) is 0 Å². The normalized spacial score (nSPS) is 18.3. The van der Waals surface area contributed by atoms with Crippen LogP contribution < -0.4 is 4.90 Å². The van der Waals surface area contributed by atoms with Gasteiger partial charge in [0.15, 0.2) is 0 Å². The Labute approximate surface area is 136 Å². The number of halogens is 1. The molecule has 4 rings (SSSR count). The summed E-state index contributed by atoms with van der Waals surface area (Å²) < 4.78 is 0.977. The van der Waals surface area contributed by atoms with Gasteiger partial charge in [-0.2, -0.15) is 0 Å². The molecule has 2 aromatic carbocycles. The van der Waals surface area contributed by atoms with E-state index in [9.17, 15) is 4.79 Å². The predicted molar refractivity (Wildman–Crippen MR) is 89.9 cm³/mol. The van der Waals surface area contributed by atoms with Crippen LogP contribution in [-0.4, -0.2) is 22.4 Å². The van der Waals surface area contributed by atoms with Crippen LogP contribution in [0.5, 0.6) is 0 Å². The van der Waals surface area contributed by atoms with Crippen molar-refractivity contribution in [3.05, 3.63) is 58.8 Å². The zero-order valence-corrected chi connectivity index (χ0v) is 13.4. The highest BCUT2D eigenvalue weighted by Gasteiger charge is 2.33. The quantitative estimate of drug-likeness (QED) is 0.758. The number of H-pyrrole nitrogens is 1. The lowest BCUT2D eigenvalue weighted by atomic mass is 10.1. The number of imidazole rings is 1. The van der Waals surface area contributed by atoms with Crippen molar-refractivity contribution in [2.24, 2.45) is 0 Å². The maximum Gasteiger partial charge on any atom is 0.227 e. The lowest BCUT2D eigenvalue weighted by Crippen LogP contribution is -2.24. The zero-order chi connectivity index (χ0) is 15.1. The van der Waals surface area contributed by atoms with Crippen molar-refractivity contribution < 1.29 is 4.79 Å². The van der Waals surface area contributed by atoms with Gasteiger partial charge in [0.1, 0.15) is 5.82 Å². The van der Waals surface area contributed by atoms with Crippen molar-refractivity contribution >= 4 is 38.6 Å². The number of amides is 1. The summed E-state index contributed by atoms with van der Waals surface area (Å²) >= 11 is 3.46. The number of aromatic nitrogens is 2. The third kappa shape index (κ3) is 2.31. The minimum absolute atomic E-state index is 0.110. The van der Waals surface area contributed by atoms with Gasteiger partial charge in [0.2, 0.25) is 5.91 Å². The van der Waals surface area contributed by atoms with E-state index in [0.717, 1.165) is 27.0 Å². The number of carbonyl (C=O) groups is 1. The molecule has 1 unspecified atom stereocenters. The first-order chi connectivity index (χ1) is 10.7. The summed E-state index contributed by atoms with van der Waals surface area (Å²) in [4.78, 5) is 22.2. The lowest BCUT2D eigenvalue weighted by molar-refractivity contribution is -0.117. The number of hydrogen-bond acceptors (Lipinski definition) is 2. The average Bonchev–Trinajstić information content (AvgIpc) is 3.10. The minimum atomic E-state index is 0.110. The molecule has 1 aromatic heterocycles. The molecule has 1 amide bonds. The molecule has 3 aromatic rings. The highest BCUT2D eigenvalue weighted by atomic mass is 79.9. The molecule has 1 atom stereocenters. The predicted octanol–water partition coefficient (Wildman–Crippen LogP) is 3.85. The number of hydrogen-bond donors (Lipinski definition) is 1. The van der Waals surface area contributed by atoms with Crippen molar-refractivity contribution in [1.82, 2.24) is 9.97 Å². The lowest BCUT2D eigenvalue weighted by Gasteiger charge is -2.16. The molecule has 0 saturated carbocycles. The van der Waals surface area contributed by atoms with Gasteiger partial charge in [0.25, 0.3) is 0 Å². The van der Waals surface area contributed by atoms with Crippen LogP contribution in [0.2, 0.25) is 0 Å². The maximum atomic E-state index is 12.4. The van der Waals surface area contributed by atoms with E-state index in [-0.39, 0.29) is 11.8 Å². The van der Waals surface area contributed by atoms with E-state index in [2.05, 4.69) is 25.9 Å². The largest absolute Gasteiger partial charge is 0.342 e. The van der Waals surface area contributed by atoms with E-state index in [1.807, 2.05) is 53.4 Å². The van der Waals surface area contributed by atoms with Crippen LogP contribution in [-0.2, 0) is 4.79 Å². The molecule has 0 spiro atoms. The van der Waals surface area contributed by atoms with Crippen LogP contribution in [0.25, 0.3) is 11.0 Å². The second kappa shape index (κ2) is 5.25. The fourth-order valence-corrected chi connectivity index (χ4v) is 3.34. The molecule has 2 heterocycles. The number of aromatic amines is 1. The molecule has 4 nitrogen and oxygen atoms in total. The van der Waals surface area contributed by atoms with Gasteiger partial charge >= 0.3 is 0 Å². The van der Waals surface area contributed by atoms with Crippen LogP contribution in [0.4, 0.5) is 5.69 Å². The zero-order valence-electron chi connectivity index (χ0n) is 11.8. The van der Waals surface area contributed by atoms with Gasteiger partial charge in [0, 0.05) is 29.0 Å². The molecule has 1 saturated heterocycles. The number of fused-ring (bicyclic) bond motifs is 1. The molecular formula is C17H14BrN3O. The van der Waals surface area contributed by atoms with Crippen LogP contribution in [0.1, 0.15) is 18.2 Å². The van der Waals surface area contributed by atoms with E-state index in [1.54, 1.807) is 0 Å². The Balaban J connectivity index is 1.64. The van der Waals surface area contributed by atoms with Crippen LogP contribution in [0.3, 0.4) is 0 Å². The van der Waals surface area contributed by atoms with Gasteiger partial charge in [-0.3, -0.25) is 4.79 Å². The molecule has 110 valence electrons. The number of carbonyl (C=O) groups excluding carboxylic acids is 1. The van der Waals surface area contributed by atoms with Gasteiger partial charge in [-0.15, -0.1) is 0 Å². The van der Waals surface area contributed by atoms with E-state index in [1.165, 1.54) is 0 Å². The van der Waals surface area contributed by atoms with E-state index in [0.29, 0.717) is 13.0 Å². The summed E-state index contributed by atoms with van der Waals surface area (Å²) in [6.07, 6.45) is 0.492. The van der Waals surface area contributed by atoms with Gasteiger partial charge in [-0.1, -0.05) is 34.1 Å². The summed E-state index contributed by atoms with van der Waals surface area (Å²) in [5.41, 5.74) is 2.90. The SMILES string of the molecule is O=C1CC(c2nc3ccccc3[nH]2)CN1c1cccc(Br)c1. The van der Waals surface area contributed by atoms with E-state index < -0.39 is 0 Å². The van der Waals surface area contributed by atoms with Gasteiger partial charge in [0.05, 0.1) is 11.0 Å². The second-order valence-electron chi connectivity index (χ2n) is 5.52. The summed E-state index contributed by atoms with van der Waals surface area (Å²) in [5, 5.41) is 0. The molecule has 1 aliphatic rings. The van der Waals surface area contributed by atoms with E-state index >= 15 is 0 Å². The molecule has 0 aliphatic carbocycles. The molecule has 22 heavy (non-hydrogen) atoms. The van der Waals surface area contributed by atoms with Crippen LogP contribution in [0.15, 0.2) is 53.0 Å². The van der Waals surface area contributed by atoms with Crippen molar-refractivity contribution in [1.29, 1.82) is 0 Å². The summed E-state index contributed by atoms with van der Waals surface area (Å²) in [6.45, 7) is 0.662. The molecule has 0 radical (unpaired) electrons. The third-order valence-electron chi connectivity index (χ3n) is 4.04. The fraction of sp³-hybridized carbons (Fsp3) is 0.176. The number of rotatable bonds is 2. The molecule has 5 heteroatoms. The van der Waals surface area contributed by atoms with Gasteiger partial charge in [-0.05, 0) is 30.3 Å². The minimum Gasteiger partial charge on any atom is -0.342 e. The first-order valence-electron chi connectivity index (χ1n) is 7.21. The van der Waals surface area contributed by atoms with Crippen molar-refractivity contribution in [3.63, 3.8) is 0 Å². The van der Waals surface area contributed by atoms with Gasteiger partial charge < -0.3 is 9.88 Å². The Bertz CT molecular complexity index is 825. The molecular weight excluding hydrogens is 342 g/mol. The monoisotopic (exact) mass is 355 g/mol. The Morgan fingerprint density at radius 1 is 1.18 bits per heavy atom. The molecule has 1 fully saturated rings. The number of nitrogens with zero attached hydrogens (tertiary/aromatic N) is 2. The highest BCUT2D eigenvalue weighted by Crippen LogP contribution is 2.32. The standard InChI is InChI=1S/C17H14BrN3O/c18-12-4-3-5-13(9-12)21-10-11(8-16(21)22)17-19-14-6-1-2-7-15(14)20-17/h1-7,9,11H,8,10H2,(H,19,20). The molecule has 1 N–H and O–H groups in total. The van der Waals surface area contributed by atoms with E-state index in [4.69, 9.17) is 0 Å². The third-order valence-corrected chi connectivity index (χ3v) is 4.53. The summed E-state index contributed by atoms with van der Waals surface area (Å²) in [5.74, 6) is 1.15. The smallest absolute Gasteiger partial charge is 0.227 e. The van der Waals surface area contributed by atoms with Crippen molar-refractivity contribution in [3.8, 4) is 0 Å². The van der Waals surface area contributed by atoms with Crippen molar-refractivity contribution in [2.45, 2.75) is 12.3 Å². The number of anilines is 1. The Morgan fingerprint density at radius 2 is 2.05 bits per heavy atom. The first-order valence-corrected chi connectivity index (χ1v) is 8.00. The van der Waals surface area contributed by atoms with Crippen LogP contribution >= 0.6 is 15.9 Å². The number of para-hydroxylation sites is 2. The average molecular weight is 356 g/mol. The Hall–Kier alpha value is -2.14. The Morgan fingerprint density at radius 3 is 2.86 bits per heavy atom. The maximum absolute atomic E-state index is 12.4. The second-order valence-corrected chi connectivity index (χ2v) is 6.44. The first kappa shape index (κ1) is 13.5. The number of nitrogens with one attached hydrogen (secondary N) is 1. The topological polar surface area (TPSA) is 49.0 Å². The summed E-state index contributed by atoms with van der Waals surface area (Å²) in [7, 11) is 0. The highest BCUT2D eigenvalue weighted by molar-refractivity contribution is 9.10. The fourth-order valence-electron chi connectivity index (χ4n) is 2.95. The number of benzene rings is 2.